The van der Waals surface area contributed by atoms with Crippen molar-refractivity contribution < 1.29 is 24.5 Å². The first-order valence-electron chi connectivity index (χ1n) is 3.52. The van der Waals surface area contributed by atoms with Crippen molar-refractivity contribution in [1.29, 1.82) is 0 Å². The van der Waals surface area contributed by atoms with Gasteiger partial charge in [0, 0.05) is 6.20 Å². The van der Waals surface area contributed by atoms with E-state index in [1.54, 1.807) is 18.3 Å². The number of phosphoric acid groups is 1. The van der Waals surface area contributed by atoms with Gasteiger partial charge in [-0.2, -0.15) is 0 Å². The Labute approximate surface area is 82.8 Å². The standard InChI is InChI=1S/C5H4N4O.H3O4P/c10-9-7-4-2-1-3-6-5(4)8-9;1-5(2,3)4/h1-3,10H;(H3,1,2,3,4). The molecule has 15 heavy (non-hydrogen) atoms. The normalized spacial score (nSPS) is 10.9. The van der Waals surface area contributed by atoms with E-state index < -0.39 is 7.82 Å². The zero-order chi connectivity index (χ0) is 11.5. The van der Waals surface area contributed by atoms with Crippen LogP contribution in [0, 0.1) is 0 Å². The molecule has 2 rings (SSSR count). The highest BCUT2D eigenvalue weighted by molar-refractivity contribution is 7.45. The van der Waals surface area contributed by atoms with Gasteiger partial charge in [-0.1, -0.05) is 5.10 Å². The molecule has 0 saturated heterocycles. The van der Waals surface area contributed by atoms with Gasteiger partial charge in [0.15, 0.2) is 0 Å². The van der Waals surface area contributed by atoms with Crippen LogP contribution in [-0.4, -0.2) is 40.0 Å². The third-order valence-electron chi connectivity index (χ3n) is 1.15. The minimum Gasteiger partial charge on any atom is -0.396 e. The summed E-state index contributed by atoms with van der Waals surface area (Å²) in [6.45, 7) is 0. The summed E-state index contributed by atoms with van der Waals surface area (Å²) in [5.41, 5.74) is 1.04. The molecule has 82 valence electrons. The Morgan fingerprint density at radius 1 is 1.27 bits per heavy atom. The molecule has 0 aliphatic rings. The van der Waals surface area contributed by atoms with Gasteiger partial charge in [-0.05, 0) is 17.1 Å². The first-order valence-corrected chi connectivity index (χ1v) is 5.08. The highest BCUT2D eigenvalue weighted by atomic mass is 31.2. The molecule has 0 amide bonds. The lowest BCUT2D eigenvalue weighted by atomic mass is 10.4. The number of hydrogen-bond donors (Lipinski definition) is 4. The van der Waals surface area contributed by atoms with E-state index in [0.717, 1.165) is 0 Å². The third-order valence-corrected chi connectivity index (χ3v) is 1.15. The maximum atomic E-state index is 8.88. The SMILES string of the molecule is O=P(O)(O)O.On1nc2cccnc2n1. The Bertz CT molecular complexity index is 452. The molecule has 0 bridgehead atoms. The lowest BCUT2D eigenvalue weighted by Crippen LogP contribution is -1.92. The second-order valence-corrected chi connectivity index (χ2v) is 3.35. The number of nitrogens with zero attached hydrogens (tertiary/aromatic N) is 4. The van der Waals surface area contributed by atoms with Gasteiger partial charge in [0.05, 0.1) is 0 Å². The molecule has 0 radical (unpaired) electrons. The molecular formula is C5H7N4O5P. The fourth-order valence-corrected chi connectivity index (χ4v) is 0.747. The van der Waals surface area contributed by atoms with Crippen LogP contribution in [0.2, 0.25) is 0 Å². The topological polar surface area (TPSA) is 142 Å². The van der Waals surface area contributed by atoms with Crippen LogP contribution < -0.4 is 0 Å². The van der Waals surface area contributed by atoms with Crippen LogP contribution >= 0.6 is 7.82 Å². The fourth-order valence-electron chi connectivity index (χ4n) is 0.747. The molecule has 2 aromatic rings. The third kappa shape index (κ3) is 4.47. The Balaban J connectivity index is 0.000000195. The van der Waals surface area contributed by atoms with Gasteiger partial charge in [0.25, 0.3) is 0 Å². The predicted octanol–water partition coefficient (Wildman–Crippen LogP) is -0.865. The van der Waals surface area contributed by atoms with Crippen LogP contribution in [0.3, 0.4) is 0 Å². The molecule has 2 heterocycles. The van der Waals surface area contributed by atoms with Gasteiger partial charge in [-0.3, -0.25) is 0 Å². The molecule has 0 atom stereocenters. The molecule has 0 aromatic carbocycles. The van der Waals surface area contributed by atoms with Gasteiger partial charge in [-0.25, -0.2) is 9.55 Å². The monoisotopic (exact) mass is 234 g/mol. The van der Waals surface area contributed by atoms with E-state index in [2.05, 4.69) is 15.2 Å². The van der Waals surface area contributed by atoms with Crippen LogP contribution in [-0.2, 0) is 4.57 Å². The summed E-state index contributed by atoms with van der Waals surface area (Å²) >= 11 is 0. The predicted molar refractivity (Wildman–Crippen MR) is 46.8 cm³/mol. The van der Waals surface area contributed by atoms with Crippen molar-refractivity contribution in [1.82, 2.24) is 20.1 Å². The van der Waals surface area contributed by atoms with Gasteiger partial charge in [-0.15, -0.1) is 5.10 Å². The Hall–Kier alpha value is -1.54. The molecule has 0 unspecified atom stereocenters. The molecule has 0 saturated carbocycles. The van der Waals surface area contributed by atoms with Crippen LogP contribution in [0.5, 0.6) is 0 Å². The average molecular weight is 234 g/mol. The Kier molecular flexibility index (Phi) is 3.32. The van der Waals surface area contributed by atoms with E-state index in [1.165, 1.54) is 0 Å². The Morgan fingerprint density at radius 2 is 1.87 bits per heavy atom. The molecule has 4 N–H and O–H groups in total. The maximum Gasteiger partial charge on any atom is 0.466 e. The largest absolute Gasteiger partial charge is 0.466 e. The molecule has 0 fully saturated rings. The van der Waals surface area contributed by atoms with Crippen LogP contribution in [0.4, 0.5) is 0 Å². The van der Waals surface area contributed by atoms with Gasteiger partial charge >= 0.3 is 7.82 Å². The van der Waals surface area contributed by atoms with Crippen LogP contribution in [0.25, 0.3) is 11.2 Å². The highest BCUT2D eigenvalue weighted by Gasteiger charge is 2.00. The van der Waals surface area contributed by atoms with Crippen molar-refractivity contribution >= 4 is 19.0 Å². The second-order valence-electron chi connectivity index (χ2n) is 2.33. The number of hydrogen-bond acceptors (Lipinski definition) is 5. The van der Waals surface area contributed by atoms with Crippen molar-refractivity contribution in [2.45, 2.75) is 0 Å². The lowest BCUT2D eigenvalue weighted by Gasteiger charge is -1.82. The first kappa shape index (κ1) is 11.5. The van der Waals surface area contributed by atoms with Crippen molar-refractivity contribution in [3.8, 4) is 0 Å². The quantitative estimate of drug-likeness (QED) is 0.340. The van der Waals surface area contributed by atoms with E-state index in [4.69, 9.17) is 24.5 Å². The molecule has 0 aliphatic heterocycles. The van der Waals surface area contributed by atoms with Gasteiger partial charge in [0.2, 0.25) is 5.65 Å². The zero-order valence-corrected chi connectivity index (χ0v) is 8.06. The Morgan fingerprint density at radius 3 is 2.40 bits per heavy atom. The van der Waals surface area contributed by atoms with Crippen LogP contribution in [0.15, 0.2) is 18.3 Å². The number of fused-ring (bicyclic) bond motifs is 1. The van der Waals surface area contributed by atoms with Crippen molar-refractivity contribution in [3.05, 3.63) is 18.3 Å². The minimum atomic E-state index is -4.64. The molecule has 10 heteroatoms. The molecular weight excluding hydrogens is 227 g/mol. The molecule has 2 aromatic heterocycles. The minimum absolute atomic E-state index is 0.449. The lowest BCUT2D eigenvalue weighted by molar-refractivity contribution is 0.113. The van der Waals surface area contributed by atoms with Gasteiger partial charge < -0.3 is 19.9 Å². The van der Waals surface area contributed by atoms with E-state index in [0.29, 0.717) is 16.1 Å². The number of pyridine rings is 1. The summed E-state index contributed by atoms with van der Waals surface area (Å²) in [4.78, 5) is 25.9. The van der Waals surface area contributed by atoms with Crippen molar-refractivity contribution in [3.63, 3.8) is 0 Å². The smallest absolute Gasteiger partial charge is 0.396 e. The summed E-state index contributed by atoms with van der Waals surface area (Å²) < 4.78 is 8.88. The maximum absolute atomic E-state index is 8.88. The van der Waals surface area contributed by atoms with E-state index in [9.17, 15) is 0 Å². The molecule has 0 aliphatic carbocycles. The average Bonchev–Trinajstić information content (AvgIpc) is 2.40. The number of rotatable bonds is 0. The van der Waals surface area contributed by atoms with E-state index in [-0.39, 0.29) is 0 Å². The summed E-state index contributed by atoms with van der Waals surface area (Å²) in [7, 11) is -4.64. The summed E-state index contributed by atoms with van der Waals surface area (Å²) in [6.07, 6.45) is 1.59. The summed E-state index contributed by atoms with van der Waals surface area (Å²) in [6, 6.07) is 3.46. The summed E-state index contributed by atoms with van der Waals surface area (Å²) in [5, 5.41) is 15.9. The zero-order valence-electron chi connectivity index (χ0n) is 7.17. The highest BCUT2D eigenvalue weighted by Crippen LogP contribution is 2.25. The first-order chi connectivity index (χ1) is 6.86. The van der Waals surface area contributed by atoms with Crippen molar-refractivity contribution in [2.24, 2.45) is 0 Å². The van der Waals surface area contributed by atoms with Crippen molar-refractivity contribution in [2.75, 3.05) is 0 Å². The number of aromatic nitrogens is 4. The second kappa shape index (κ2) is 4.32. The van der Waals surface area contributed by atoms with E-state index >= 15 is 0 Å². The molecule has 9 nitrogen and oxygen atoms in total. The fraction of sp³-hybridized carbons (Fsp3) is 0. The van der Waals surface area contributed by atoms with Crippen LogP contribution in [0.1, 0.15) is 0 Å². The summed E-state index contributed by atoms with van der Waals surface area (Å²) in [5.74, 6) is 0. The van der Waals surface area contributed by atoms with E-state index in [1.807, 2.05) is 0 Å². The van der Waals surface area contributed by atoms with Gasteiger partial charge in [0.1, 0.15) is 5.52 Å². The molecule has 0 spiro atoms.